The standard InChI is InChI=1S/C9H10N2O/c10-9(12)3-1-7-2-4-11-6-8(7)5-9/h1-2,4-6,12H,3,10H2. The number of rotatable bonds is 0. The van der Waals surface area contributed by atoms with Crippen LogP contribution in [0, 0.1) is 0 Å². The van der Waals surface area contributed by atoms with Crippen molar-refractivity contribution in [2.24, 2.45) is 5.73 Å². The molecule has 62 valence electrons. The van der Waals surface area contributed by atoms with Gasteiger partial charge in [-0.25, -0.2) is 0 Å². The van der Waals surface area contributed by atoms with Crippen molar-refractivity contribution in [2.75, 3.05) is 0 Å². The molecule has 1 aliphatic carbocycles. The van der Waals surface area contributed by atoms with Crippen LogP contribution < -0.4 is 16.2 Å². The van der Waals surface area contributed by atoms with Crippen LogP contribution in [0.15, 0.2) is 18.5 Å². The second-order valence-electron chi connectivity index (χ2n) is 3.05. The van der Waals surface area contributed by atoms with Crippen molar-refractivity contribution in [3.8, 4) is 0 Å². The number of aromatic nitrogens is 1. The van der Waals surface area contributed by atoms with E-state index in [1.54, 1.807) is 18.5 Å². The summed E-state index contributed by atoms with van der Waals surface area (Å²) >= 11 is 0. The molecular weight excluding hydrogens is 152 g/mol. The first-order valence-electron chi connectivity index (χ1n) is 3.82. The van der Waals surface area contributed by atoms with Gasteiger partial charge in [0.15, 0.2) is 0 Å². The van der Waals surface area contributed by atoms with Crippen molar-refractivity contribution in [1.29, 1.82) is 0 Å². The van der Waals surface area contributed by atoms with Gasteiger partial charge in [-0.3, -0.25) is 4.98 Å². The zero-order chi connectivity index (χ0) is 8.60. The van der Waals surface area contributed by atoms with Gasteiger partial charge >= 0.3 is 0 Å². The maximum Gasteiger partial charge on any atom is 0.137 e. The predicted octanol–water partition coefficient (Wildman–Crippen LogP) is -1.31. The molecular formula is C9H10N2O. The molecule has 0 aliphatic heterocycles. The monoisotopic (exact) mass is 162 g/mol. The fourth-order valence-corrected chi connectivity index (χ4v) is 1.33. The molecule has 1 aromatic rings. The first kappa shape index (κ1) is 7.46. The Balaban J connectivity index is 2.72. The van der Waals surface area contributed by atoms with Crippen LogP contribution in [0.5, 0.6) is 0 Å². The van der Waals surface area contributed by atoms with Crippen LogP contribution in [0.4, 0.5) is 0 Å². The Morgan fingerprint density at radius 3 is 3.17 bits per heavy atom. The molecule has 3 heteroatoms. The van der Waals surface area contributed by atoms with E-state index in [1.807, 2.05) is 12.1 Å². The van der Waals surface area contributed by atoms with E-state index in [-0.39, 0.29) is 0 Å². The summed E-state index contributed by atoms with van der Waals surface area (Å²) in [6.45, 7) is 0. The summed E-state index contributed by atoms with van der Waals surface area (Å²) in [6, 6.07) is 1.90. The summed E-state index contributed by atoms with van der Waals surface area (Å²) in [4.78, 5) is 3.95. The van der Waals surface area contributed by atoms with Crippen LogP contribution in [0.3, 0.4) is 0 Å². The van der Waals surface area contributed by atoms with E-state index in [4.69, 9.17) is 5.73 Å². The topological polar surface area (TPSA) is 59.1 Å². The van der Waals surface area contributed by atoms with Crippen molar-refractivity contribution in [1.82, 2.24) is 4.98 Å². The molecule has 0 spiro atoms. The zero-order valence-corrected chi connectivity index (χ0v) is 6.57. The quantitative estimate of drug-likeness (QED) is 0.466. The number of pyridine rings is 1. The number of hydrogen-bond donors (Lipinski definition) is 2. The van der Waals surface area contributed by atoms with E-state index in [9.17, 15) is 5.11 Å². The average Bonchev–Trinajstić information content (AvgIpc) is 2.02. The number of fused-ring (bicyclic) bond motifs is 1. The van der Waals surface area contributed by atoms with Gasteiger partial charge in [0.1, 0.15) is 5.72 Å². The Kier molecular flexibility index (Phi) is 1.49. The second kappa shape index (κ2) is 2.40. The van der Waals surface area contributed by atoms with Gasteiger partial charge in [-0.15, -0.1) is 0 Å². The highest BCUT2D eigenvalue weighted by molar-refractivity contribution is 5.44. The molecule has 0 saturated carbocycles. The number of nitrogens with zero attached hydrogens (tertiary/aromatic N) is 1. The highest BCUT2D eigenvalue weighted by Gasteiger charge is 2.17. The van der Waals surface area contributed by atoms with Gasteiger partial charge < -0.3 is 10.8 Å². The Morgan fingerprint density at radius 2 is 2.33 bits per heavy atom. The van der Waals surface area contributed by atoms with Crippen molar-refractivity contribution in [2.45, 2.75) is 12.1 Å². The second-order valence-corrected chi connectivity index (χ2v) is 3.05. The highest BCUT2D eigenvalue weighted by Crippen LogP contribution is 2.05. The molecule has 0 amide bonds. The van der Waals surface area contributed by atoms with E-state index < -0.39 is 5.72 Å². The van der Waals surface area contributed by atoms with E-state index in [0.717, 1.165) is 10.4 Å². The maximum absolute atomic E-state index is 9.48. The molecule has 3 N–H and O–H groups in total. The predicted molar refractivity (Wildman–Crippen MR) is 46.2 cm³/mol. The highest BCUT2D eigenvalue weighted by atomic mass is 16.3. The van der Waals surface area contributed by atoms with Crippen molar-refractivity contribution in [3.63, 3.8) is 0 Å². The number of nitrogens with two attached hydrogens (primary N) is 1. The zero-order valence-electron chi connectivity index (χ0n) is 6.57. The Labute approximate surface area is 69.9 Å². The Hall–Kier alpha value is -1.19. The van der Waals surface area contributed by atoms with Crippen LogP contribution in [0.1, 0.15) is 6.42 Å². The molecule has 0 fully saturated rings. The summed E-state index contributed by atoms with van der Waals surface area (Å²) in [7, 11) is 0. The smallest absolute Gasteiger partial charge is 0.137 e. The summed E-state index contributed by atoms with van der Waals surface area (Å²) < 4.78 is 0. The van der Waals surface area contributed by atoms with Gasteiger partial charge in [0, 0.05) is 18.8 Å². The third kappa shape index (κ3) is 1.24. The lowest BCUT2D eigenvalue weighted by Crippen LogP contribution is -2.44. The van der Waals surface area contributed by atoms with Crippen LogP contribution >= 0.6 is 0 Å². The molecule has 0 saturated heterocycles. The van der Waals surface area contributed by atoms with E-state index >= 15 is 0 Å². The summed E-state index contributed by atoms with van der Waals surface area (Å²) in [5.74, 6) is 0. The molecule has 0 aromatic carbocycles. The molecule has 1 atom stereocenters. The van der Waals surface area contributed by atoms with Crippen molar-refractivity contribution < 1.29 is 5.11 Å². The average molecular weight is 162 g/mol. The third-order valence-corrected chi connectivity index (χ3v) is 1.94. The largest absolute Gasteiger partial charge is 0.372 e. The van der Waals surface area contributed by atoms with Gasteiger partial charge in [0.2, 0.25) is 0 Å². The van der Waals surface area contributed by atoms with Gasteiger partial charge in [-0.1, -0.05) is 6.08 Å². The molecule has 1 unspecified atom stereocenters. The van der Waals surface area contributed by atoms with E-state index in [2.05, 4.69) is 4.98 Å². The molecule has 1 aliphatic rings. The van der Waals surface area contributed by atoms with E-state index in [0.29, 0.717) is 6.42 Å². The minimum atomic E-state index is -1.20. The lowest BCUT2D eigenvalue weighted by Gasteiger charge is -2.19. The Bertz CT molecular complexity index is 409. The van der Waals surface area contributed by atoms with Gasteiger partial charge in [-0.05, 0) is 22.6 Å². The van der Waals surface area contributed by atoms with E-state index in [1.165, 1.54) is 0 Å². The summed E-state index contributed by atoms with van der Waals surface area (Å²) in [6.07, 6.45) is 7.43. The molecule has 12 heavy (non-hydrogen) atoms. The minimum Gasteiger partial charge on any atom is -0.372 e. The third-order valence-electron chi connectivity index (χ3n) is 1.94. The van der Waals surface area contributed by atoms with Crippen LogP contribution in [-0.2, 0) is 0 Å². The summed E-state index contributed by atoms with van der Waals surface area (Å²) in [5.41, 5.74) is 4.34. The lowest BCUT2D eigenvalue weighted by atomic mass is 10.0. The van der Waals surface area contributed by atoms with Crippen LogP contribution in [0.25, 0.3) is 12.2 Å². The number of aliphatic hydroxyl groups is 1. The SMILES string of the molecule is NC1(O)C=c2cnccc2=CC1. The molecule has 0 radical (unpaired) electrons. The molecule has 1 heterocycles. The van der Waals surface area contributed by atoms with Crippen LogP contribution in [-0.4, -0.2) is 15.8 Å². The maximum atomic E-state index is 9.48. The van der Waals surface area contributed by atoms with Gasteiger partial charge in [-0.2, -0.15) is 0 Å². The fourth-order valence-electron chi connectivity index (χ4n) is 1.33. The van der Waals surface area contributed by atoms with Crippen LogP contribution in [0.2, 0.25) is 0 Å². The first-order chi connectivity index (χ1) is 5.67. The molecule has 1 aromatic heterocycles. The Morgan fingerprint density at radius 1 is 1.50 bits per heavy atom. The van der Waals surface area contributed by atoms with Gasteiger partial charge in [0.05, 0.1) is 0 Å². The molecule has 2 rings (SSSR count). The molecule has 0 bridgehead atoms. The minimum absolute atomic E-state index is 0.462. The van der Waals surface area contributed by atoms with Crippen molar-refractivity contribution >= 4 is 12.2 Å². The van der Waals surface area contributed by atoms with Crippen molar-refractivity contribution in [3.05, 3.63) is 28.9 Å². The summed E-state index contributed by atoms with van der Waals surface area (Å²) in [5, 5.41) is 11.5. The lowest BCUT2D eigenvalue weighted by molar-refractivity contribution is 0.121. The number of hydrogen-bond acceptors (Lipinski definition) is 3. The molecule has 3 nitrogen and oxygen atoms in total. The fraction of sp³-hybridized carbons (Fsp3) is 0.222. The van der Waals surface area contributed by atoms with Gasteiger partial charge in [0.25, 0.3) is 0 Å². The normalized spacial score (nSPS) is 26.8. The first-order valence-corrected chi connectivity index (χ1v) is 3.82.